The number of hydrogen-bond acceptors (Lipinski definition) is 5. The Balaban J connectivity index is 1.81. The summed E-state index contributed by atoms with van der Waals surface area (Å²) in [7, 11) is 0. The molecule has 1 amide bonds. The number of aryl methyl sites for hydroxylation is 2. The molecule has 0 bridgehead atoms. The molecule has 0 radical (unpaired) electrons. The van der Waals surface area contributed by atoms with Gasteiger partial charge in [0.15, 0.2) is 5.65 Å². The number of fused-ring (bicyclic) bond motifs is 1. The number of nitrogens with one attached hydrogen (secondary N) is 2. The van der Waals surface area contributed by atoms with Gasteiger partial charge in [-0.05, 0) is 58.7 Å². The zero-order valence-electron chi connectivity index (χ0n) is 17.7. The summed E-state index contributed by atoms with van der Waals surface area (Å²) >= 11 is 0. The highest BCUT2D eigenvalue weighted by atomic mass is 16.3. The predicted octanol–water partition coefficient (Wildman–Crippen LogP) is 3.62. The molecule has 1 aliphatic rings. The van der Waals surface area contributed by atoms with E-state index < -0.39 is 0 Å². The van der Waals surface area contributed by atoms with Crippen LogP contribution in [0.5, 0.6) is 0 Å². The monoisotopic (exact) mass is 395 g/mol. The van der Waals surface area contributed by atoms with Crippen LogP contribution in [-0.4, -0.2) is 39.8 Å². The van der Waals surface area contributed by atoms with E-state index >= 15 is 0 Å². The quantitative estimate of drug-likeness (QED) is 0.705. The van der Waals surface area contributed by atoms with Gasteiger partial charge in [0, 0.05) is 24.2 Å². The summed E-state index contributed by atoms with van der Waals surface area (Å²) in [5.74, 6) is 1.97. The number of carbonyl (C=O) groups excluding carboxylic acids is 1. The third-order valence-corrected chi connectivity index (χ3v) is 5.76. The molecule has 7 heteroatoms. The summed E-state index contributed by atoms with van der Waals surface area (Å²) in [5, 5.41) is 11.9. The van der Waals surface area contributed by atoms with Gasteiger partial charge in [-0.25, -0.2) is 9.67 Å². The van der Waals surface area contributed by atoms with E-state index in [1.54, 1.807) is 6.20 Å². The standard InChI is InChI=1S/C22H29N5O2/c1-12(2)27-21-18(10-24-27)17(22(28)26-20-11-23-7-6-13(20)3)9-19(25-21)16-8-14(4)29-15(16)5/h8-10,12-13,20,23H,6-7,11H2,1-5H3,(H,26,28). The molecule has 3 aromatic rings. The highest BCUT2D eigenvalue weighted by molar-refractivity contribution is 6.06. The lowest BCUT2D eigenvalue weighted by Crippen LogP contribution is -2.50. The van der Waals surface area contributed by atoms with E-state index in [4.69, 9.17) is 9.40 Å². The van der Waals surface area contributed by atoms with E-state index in [2.05, 4.69) is 36.5 Å². The Kier molecular flexibility index (Phi) is 5.17. The molecule has 4 rings (SSSR count). The summed E-state index contributed by atoms with van der Waals surface area (Å²) < 4.78 is 7.57. The first-order valence-corrected chi connectivity index (χ1v) is 10.3. The molecule has 0 spiro atoms. The van der Waals surface area contributed by atoms with Crippen molar-refractivity contribution >= 4 is 16.9 Å². The molecule has 0 aromatic carbocycles. The summed E-state index contributed by atoms with van der Waals surface area (Å²) in [5.41, 5.74) is 2.96. The molecule has 1 aliphatic heterocycles. The zero-order chi connectivity index (χ0) is 20.7. The average molecular weight is 396 g/mol. The van der Waals surface area contributed by atoms with Gasteiger partial charge in [-0.1, -0.05) is 6.92 Å². The Bertz CT molecular complexity index is 1050. The lowest BCUT2D eigenvalue weighted by atomic mass is 9.94. The van der Waals surface area contributed by atoms with Gasteiger partial charge in [0.1, 0.15) is 11.5 Å². The van der Waals surface area contributed by atoms with Crippen LogP contribution in [0.25, 0.3) is 22.3 Å². The molecule has 2 N–H and O–H groups in total. The van der Waals surface area contributed by atoms with Gasteiger partial charge < -0.3 is 15.1 Å². The molecule has 154 valence electrons. The molecular weight excluding hydrogens is 366 g/mol. The van der Waals surface area contributed by atoms with Crippen LogP contribution in [0, 0.1) is 19.8 Å². The molecule has 4 heterocycles. The van der Waals surface area contributed by atoms with E-state index in [-0.39, 0.29) is 18.0 Å². The third kappa shape index (κ3) is 3.67. The van der Waals surface area contributed by atoms with Crippen molar-refractivity contribution in [2.24, 2.45) is 5.92 Å². The van der Waals surface area contributed by atoms with E-state index in [0.717, 1.165) is 53.3 Å². The van der Waals surface area contributed by atoms with Gasteiger partial charge in [0.05, 0.1) is 22.8 Å². The number of piperidine rings is 1. The van der Waals surface area contributed by atoms with Gasteiger partial charge in [0.25, 0.3) is 5.91 Å². The SMILES string of the molecule is Cc1cc(-c2cc(C(=O)NC3CNCCC3C)c3cnn(C(C)C)c3n2)c(C)o1. The zero-order valence-corrected chi connectivity index (χ0v) is 17.7. The summed E-state index contributed by atoms with van der Waals surface area (Å²) in [6, 6.07) is 4.08. The highest BCUT2D eigenvalue weighted by Crippen LogP contribution is 2.30. The molecule has 0 saturated carbocycles. The fourth-order valence-corrected chi connectivity index (χ4v) is 4.04. The number of furan rings is 1. The minimum absolute atomic E-state index is 0.0830. The fourth-order valence-electron chi connectivity index (χ4n) is 4.04. The van der Waals surface area contributed by atoms with Crippen molar-refractivity contribution < 1.29 is 9.21 Å². The molecule has 7 nitrogen and oxygen atoms in total. The van der Waals surface area contributed by atoms with Crippen molar-refractivity contribution in [3.8, 4) is 11.3 Å². The van der Waals surface area contributed by atoms with Crippen LogP contribution in [0.1, 0.15) is 55.1 Å². The van der Waals surface area contributed by atoms with Crippen LogP contribution >= 0.6 is 0 Å². The largest absolute Gasteiger partial charge is 0.466 e. The van der Waals surface area contributed by atoms with E-state index in [9.17, 15) is 4.79 Å². The van der Waals surface area contributed by atoms with Crippen molar-refractivity contribution in [3.05, 3.63) is 35.4 Å². The first-order valence-electron chi connectivity index (χ1n) is 10.3. The average Bonchev–Trinajstić information content (AvgIpc) is 3.25. The van der Waals surface area contributed by atoms with Crippen LogP contribution in [0.2, 0.25) is 0 Å². The smallest absolute Gasteiger partial charge is 0.252 e. The summed E-state index contributed by atoms with van der Waals surface area (Å²) in [6.45, 7) is 11.9. The van der Waals surface area contributed by atoms with Gasteiger partial charge in [-0.2, -0.15) is 5.10 Å². The molecule has 29 heavy (non-hydrogen) atoms. The summed E-state index contributed by atoms with van der Waals surface area (Å²) in [4.78, 5) is 18.2. The van der Waals surface area contributed by atoms with Crippen LogP contribution in [-0.2, 0) is 0 Å². The predicted molar refractivity (Wildman–Crippen MR) is 113 cm³/mol. The van der Waals surface area contributed by atoms with Gasteiger partial charge in [-0.15, -0.1) is 0 Å². The lowest BCUT2D eigenvalue weighted by Gasteiger charge is -2.30. The maximum atomic E-state index is 13.3. The van der Waals surface area contributed by atoms with Crippen molar-refractivity contribution in [1.82, 2.24) is 25.4 Å². The van der Waals surface area contributed by atoms with Crippen LogP contribution in [0.4, 0.5) is 0 Å². The topological polar surface area (TPSA) is 85.0 Å². The van der Waals surface area contributed by atoms with Crippen molar-refractivity contribution in [1.29, 1.82) is 0 Å². The molecule has 0 aliphatic carbocycles. The maximum absolute atomic E-state index is 13.3. The molecule has 1 fully saturated rings. The van der Waals surface area contributed by atoms with Crippen molar-refractivity contribution in [3.63, 3.8) is 0 Å². The third-order valence-electron chi connectivity index (χ3n) is 5.76. The Morgan fingerprint density at radius 2 is 2.14 bits per heavy atom. The Labute approximate surface area is 170 Å². The van der Waals surface area contributed by atoms with Crippen LogP contribution in [0.3, 0.4) is 0 Å². The first-order chi connectivity index (χ1) is 13.8. The molecule has 2 unspecified atom stereocenters. The number of carbonyl (C=O) groups is 1. The molecule has 1 saturated heterocycles. The van der Waals surface area contributed by atoms with Gasteiger partial charge in [0.2, 0.25) is 0 Å². The summed E-state index contributed by atoms with van der Waals surface area (Å²) in [6.07, 6.45) is 2.80. The minimum atomic E-state index is -0.0830. The van der Waals surface area contributed by atoms with Gasteiger partial charge >= 0.3 is 0 Å². The Morgan fingerprint density at radius 1 is 1.34 bits per heavy atom. The van der Waals surface area contributed by atoms with Crippen LogP contribution < -0.4 is 10.6 Å². The maximum Gasteiger partial charge on any atom is 0.252 e. The lowest BCUT2D eigenvalue weighted by molar-refractivity contribution is 0.0917. The van der Waals surface area contributed by atoms with Crippen molar-refractivity contribution in [2.45, 2.75) is 53.1 Å². The van der Waals surface area contributed by atoms with E-state index in [1.165, 1.54) is 0 Å². The minimum Gasteiger partial charge on any atom is -0.466 e. The first kappa shape index (κ1) is 19.6. The Hall–Kier alpha value is -2.67. The second-order valence-electron chi connectivity index (χ2n) is 8.35. The Morgan fingerprint density at radius 3 is 2.79 bits per heavy atom. The molecule has 2 atom stereocenters. The number of hydrogen-bond donors (Lipinski definition) is 2. The number of aromatic nitrogens is 3. The second-order valence-corrected chi connectivity index (χ2v) is 8.35. The number of nitrogens with zero attached hydrogens (tertiary/aromatic N) is 3. The normalized spacial score (nSPS) is 19.8. The fraction of sp³-hybridized carbons (Fsp3) is 0.500. The second kappa shape index (κ2) is 7.63. The van der Waals surface area contributed by atoms with Gasteiger partial charge in [-0.3, -0.25) is 4.79 Å². The molecular formula is C22H29N5O2. The van der Waals surface area contributed by atoms with Crippen LogP contribution in [0.15, 0.2) is 22.7 Å². The van der Waals surface area contributed by atoms with Crippen molar-refractivity contribution in [2.75, 3.05) is 13.1 Å². The molecule has 3 aromatic heterocycles. The number of rotatable bonds is 4. The highest BCUT2D eigenvalue weighted by Gasteiger charge is 2.25. The van der Waals surface area contributed by atoms with E-state index in [0.29, 0.717) is 11.5 Å². The number of amides is 1. The van der Waals surface area contributed by atoms with E-state index in [1.807, 2.05) is 30.7 Å². The number of pyridine rings is 1.